The van der Waals surface area contributed by atoms with Crippen LogP contribution in [-0.2, 0) is 4.79 Å². The largest absolute Gasteiger partial charge is 0.359 e. The minimum absolute atomic E-state index is 0.132. The van der Waals surface area contributed by atoms with Gasteiger partial charge in [-0.3, -0.25) is 10.1 Å². The van der Waals surface area contributed by atoms with E-state index in [1.165, 1.54) is 0 Å². The van der Waals surface area contributed by atoms with Crippen LogP contribution >= 0.6 is 0 Å². The molecule has 0 bridgehead atoms. The van der Waals surface area contributed by atoms with Gasteiger partial charge in [-0.05, 0) is 32.4 Å². The molecule has 1 aromatic heterocycles. The second kappa shape index (κ2) is 7.16. The number of aryl methyl sites for hydroxylation is 1. The van der Waals surface area contributed by atoms with Crippen LogP contribution < -0.4 is 16.0 Å². The van der Waals surface area contributed by atoms with Gasteiger partial charge in [0.25, 0.3) is 0 Å². The molecule has 7 heteroatoms. The average Bonchev–Trinajstić information content (AvgIpc) is 3.00. The van der Waals surface area contributed by atoms with Crippen molar-refractivity contribution in [2.45, 2.75) is 20.8 Å². The Hall–Kier alpha value is -2.83. The van der Waals surface area contributed by atoms with Crippen molar-refractivity contribution in [3.05, 3.63) is 42.1 Å². The fraction of sp³-hybridized carbons (Fsp3) is 0.353. The van der Waals surface area contributed by atoms with E-state index in [2.05, 4.69) is 21.0 Å². The zero-order chi connectivity index (χ0) is 17.7. The summed E-state index contributed by atoms with van der Waals surface area (Å²) in [6, 6.07) is 9.10. The highest BCUT2D eigenvalue weighted by Crippen LogP contribution is 2.18. The first-order chi connectivity index (χ1) is 11.3. The van der Waals surface area contributed by atoms with E-state index in [1.807, 2.05) is 31.2 Å². The van der Waals surface area contributed by atoms with Crippen molar-refractivity contribution in [2.75, 3.05) is 18.9 Å². The lowest BCUT2D eigenvalue weighted by Gasteiger charge is -2.23. The molecule has 2 aromatic rings. The summed E-state index contributed by atoms with van der Waals surface area (Å²) in [6.45, 7) is 5.73. The number of nitrogens with one attached hydrogen (secondary N) is 3. The maximum Gasteiger partial charge on any atom is 0.320 e. The summed E-state index contributed by atoms with van der Waals surface area (Å²) in [6.07, 6.45) is 1.62. The first-order valence-electron chi connectivity index (χ1n) is 7.72. The molecule has 128 valence electrons. The predicted octanol–water partition coefficient (Wildman–Crippen LogP) is 2.07. The second-order valence-corrected chi connectivity index (χ2v) is 6.19. The molecule has 0 aliphatic rings. The highest BCUT2D eigenvalue weighted by atomic mass is 16.2. The van der Waals surface area contributed by atoms with Gasteiger partial charge in [0.2, 0.25) is 5.91 Å². The summed E-state index contributed by atoms with van der Waals surface area (Å²) in [5, 5.41) is 12.3. The quantitative estimate of drug-likeness (QED) is 0.785. The van der Waals surface area contributed by atoms with Gasteiger partial charge in [-0.2, -0.15) is 5.10 Å². The standard InChI is InChI=1S/C17H23N5O2/c1-12-7-5-6-8-13(12)22-14(9-10-20-22)21-16(24)19-11-17(2,3)15(23)18-4/h5-10H,11H2,1-4H3,(H,18,23)(H2,19,21,24). The fourth-order valence-corrected chi connectivity index (χ4v) is 2.27. The van der Waals surface area contributed by atoms with Gasteiger partial charge in [0, 0.05) is 19.7 Å². The van der Waals surface area contributed by atoms with Crippen LogP contribution in [0.25, 0.3) is 5.69 Å². The number of aromatic nitrogens is 2. The zero-order valence-corrected chi connectivity index (χ0v) is 14.4. The molecule has 0 saturated carbocycles. The van der Waals surface area contributed by atoms with Crippen LogP contribution in [0.1, 0.15) is 19.4 Å². The summed E-state index contributed by atoms with van der Waals surface area (Å²) >= 11 is 0. The molecule has 0 unspecified atom stereocenters. The lowest BCUT2D eigenvalue weighted by atomic mass is 9.92. The van der Waals surface area contributed by atoms with Gasteiger partial charge >= 0.3 is 6.03 Å². The second-order valence-electron chi connectivity index (χ2n) is 6.19. The van der Waals surface area contributed by atoms with Gasteiger partial charge in [-0.15, -0.1) is 0 Å². The van der Waals surface area contributed by atoms with E-state index in [0.29, 0.717) is 5.82 Å². The number of anilines is 1. The molecular formula is C17H23N5O2. The van der Waals surface area contributed by atoms with Crippen LogP contribution in [0.3, 0.4) is 0 Å². The number of carbonyl (C=O) groups is 2. The highest BCUT2D eigenvalue weighted by molar-refractivity contribution is 5.89. The molecule has 1 aromatic carbocycles. The molecule has 1 heterocycles. The number of rotatable bonds is 5. The molecule has 0 fully saturated rings. The third kappa shape index (κ3) is 3.92. The van der Waals surface area contributed by atoms with E-state index >= 15 is 0 Å². The van der Waals surface area contributed by atoms with Crippen LogP contribution in [0.15, 0.2) is 36.5 Å². The molecule has 0 aliphatic carbocycles. The molecule has 3 amide bonds. The topological polar surface area (TPSA) is 88.1 Å². The molecule has 0 radical (unpaired) electrons. The van der Waals surface area contributed by atoms with E-state index in [1.54, 1.807) is 37.8 Å². The summed E-state index contributed by atoms with van der Waals surface area (Å²) in [4.78, 5) is 23.9. The number of hydrogen-bond acceptors (Lipinski definition) is 3. The number of hydrogen-bond donors (Lipinski definition) is 3. The van der Waals surface area contributed by atoms with Crippen molar-refractivity contribution in [2.24, 2.45) is 5.41 Å². The number of benzene rings is 1. The molecule has 0 aliphatic heterocycles. The normalized spacial score (nSPS) is 11.0. The Morgan fingerprint density at radius 2 is 1.92 bits per heavy atom. The van der Waals surface area contributed by atoms with Gasteiger partial charge < -0.3 is 10.6 Å². The van der Waals surface area contributed by atoms with Gasteiger partial charge in [-0.1, -0.05) is 18.2 Å². The van der Waals surface area contributed by atoms with Crippen molar-refractivity contribution >= 4 is 17.8 Å². The maximum atomic E-state index is 12.1. The van der Waals surface area contributed by atoms with Crippen molar-refractivity contribution < 1.29 is 9.59 Å². The first-order valence-corrected chi connectivity index (χ1v) is 7.72. The Kier molecular flexibility index (Phi) is 5.23. The molecular weight excluding hydrogens is 306 g/mol. The molecule has 0 saturated heterocycles. The van der Waals surface area contributed by atoms with Crippen molar-refractivity contribution in [1.82, 2.24) is 20.4 Å². The summed E-state index contributed by atoms with van der Waals surface area (Å²) in [7, 11) is 1.57. The predicted molar refractivity (Wildman–Crippen MR) is 93.2 cm³/mol. The van der Waals surface area contributed by atoms with Gasteiger partial charge in [0.1, 0.15) is 5.82 Å². The lowest BCUT2D eigenvalue weighted by Crippen LogP contribution is -2.44. The zero-order valence-electron chi connectivity index (χ0n) is 14.4. The summed E-state index contributed by atoms with van der Waals surface area (Å²) < 4.78 is 1.67. The van der Waals surface area contributed by atoms with Crippen LogP contribution in [0.4, 0.5) is 10.6 Å². The fourth-order valence-electron chi connectivity index (χ4n) is 2.27. The highest BCUT2D eigenvalue weighted by Gasteiger charge is 2.27. The maximum absolute atomic E-state index is 12.1. The lowest BCUT2D eigenvalue weighted by molar-refractivity contribution is -0.128. The number of amides is 3. The minimum atomic E-state index is -0.692. The van der Waals surface area contributed by atoms with E-state index < -0.39 is 5.41 Å². The van der Waals surface area contributed by atoms with E-state index in [4.69, 9.17) is 0 Å². The number of urea groups is 1. The molecule has 3 N–H and O–H groups in total. The van der Waals surface area contributed by atoms with Crippen LogP contribution in [-0.4, -0.2) is 35.3 Å². The molecule has 0 atom stereocenters. The van der Waals surface area contributed by atoms with Crippen LogP contribution in [0.2, 0.25) is 0 Å². The number of carbonyl (C=O) groups excluding carboxylic acids is 2. The number of nitrogens with zero attached hydrogens (tertiary/aromatic N) is 2. The van der Waals surface area contributed by atoms with Crippen molar-refractivity contribution in [3.63, 3.8) is 0 Å². The Labute approximate surface area is 141 Å². The Morgan fingerprint density at radius 1 is 1.21 bits per heavy atom. The summed E-state index contributed by atoms with van der Waals surface area (Å²) in [5.74, 6) is 0.423. The first kappa shape index (κ1) is 17.5. The van der Waals surface area contributed by atoms with Crippen LogP contribution in [0, 0.1) is 12.3 Å². The molecule has 0 spiro atoms. The molecule has 2 rings (SSSR count). The summed E-state index contributed by atoms with van der Waals surface area (Å²) in [5.41, 5.74) is 1.25. The number of para-hydroxylation sites is 1. The van der Waals surface area contributed by atoms with Gasteiger partial charge in [-0.25, -0.2) is 9.48 Å². The smallest absolute Gasteiger partial charge is 0.320 e. The van der Waals surface area contributed by atoms with Crippen molar-refractivity contribution in [1.29, 1.82) is 0 Å². The van der Waals surface area contributed by atoms with Gasteiger partial charge in [0.05, 0.1) is 17.3 Å². The third-order valence-corrected chi connectivity index (χ3v) is 3.76. The van der Waals surface area contributed by atoms with E-state index in [-0.39, 0.29) is 18.5 Å². The third-order valence-electron chi connectivity index (χ3n) is 3.76. The Morgan fingerprint density at radius 3 is 2.58 bits per heavy atom. The van der Waals surface area contributed by atoms with E-state index in [9.17, 15) is 9.59 Å². The Bertz CT molecular complexity index is 736. The van der Waals surface area contributed by atoms with Gasteiger partial charge in [0.15, 0.2) is 0 Å². The van der Waals surface area contributed by atoms with Crippen LogP contribution in [0.5, 0.6) is 0 Å². The van der Waals surface area contributed by atoms with Crippen molar-refractivity contribution in [3.8, 4) is 5.69 Å². The SMILES string of the molecule is CNC(=O)C(C)(C)CNC(=O)Nc1ccnn1-c1ccccc1C. The monoisotopic (exact) mass is 329 g/mol. The van der Waals surface area contributed by atoms with E-state index in [0.717, 1.165) is 11.3 Å². The Balaban J connectivity index is 2.05. The average molecular weight is 329 g/mol. The minimum Gasteiger partial charge on any atom is -0.359 e. The molecule has 24 heavy (non-hydrogen) atoms. The molecule has 7 nitrogen and oxygen atoms in total.